The quantitative estimate of drug-likeness (QED) is 0.449. The minimum atomic E-state index is -0.535. The summed E-state index contributed by atoms with van der Waals surface area (Å²) >= 11 is 0. The molecule has 2 aliphatic rings. The summed E-state index contributed by atoms with van der Waals surface area (Å²) in [4.78, 5) is 30.1. The number of nitrogens with zero attached hydrogens (tertiary/aromatic N) is 2. The molecule has 1 heterocycles. The van der Waals surface area contributed by atoms with Crippen LogP contribution >= 0.6 is 0 Å². The van der Waals surface area contributed by atoms with Crippen molar-refractivity contribution in [2.24, 2.45) is 5.73 Å². The van der Waals surface area contributed by atoms with Gasteiger partial charge in [0.25, 0.3) is 5.91 Å². The fourth-order valence-electron chi connectivity index (χ4n) is 4.57. The Bertz CT molecular complexity index is 1240. The number of benzene rings is 3. The number of piperazine rings is 1. The molecule has 1 saturated heterocycles. The van der Waals surface area contributed by atoms with Crippen LogP contribution in [0.3, 0.4) is 0 Å². The second kappa shape index (κ2) is 11.0. The summed E-state index contributed by atoms with van der Waals surface area (Å²) in [7, 11) is 2.09. The monoisotopic (exact) mass is 499 g/mol. The molecule has 3 aromatic carbocycles. The number of likely N-dealkylation sites (N-methyl/N-ethyl adjacent to an activating group) is 1. The highest BCUT2D eigenvalue weighted by Crippen LogP contribution is 2.39. The fourth-order valence-corrected chi connectivity index (χ4v) is 4.57. The Kier molecular flexibility index (Phi) is 7.39. The summed E-state index contributed by atoms with van der Waals surface area (Å²) in [6, 6.07) is 23.0. The highest BCUT2D eigenvalue weighted by atomic mass is 16.5. The van der Waals surface area contributed by atoms with Gasteiger partial charge in [0.15, 0.2) is 0 Å². The number of anilines is 3. The van der Waals surface area contributed by atoms with Crippen molar-refractivity contribution in [2.75, 3.05) is 48.8 Å². The maximum atomic E-state index is 13.1. The number of rotatable bonds is 7. The highest BCUT2D eigenvalue weighted by Gasteiger charge is 2.34. The zero-order valence-electron chi connectivity index (χ0n) is 21.0. The van der Waals surface area contributed by atoms with E-state index in [4.69, 9.17) is 10.5 Å². The molecule has 0 aromatic heterocycles. The summed E-state index contributed by atoms with van der Waals surface area (Å²) in [5, 5.41) is 5.86. The molecule has 192 valence electrons. The van der Waals surface area contributed by atoms with E-state index in [0.29, 0.717) is 17.2 Å². The predicted octanol–water partition coefficient (Wildman–Crippen LogP) is 4.25. The SMILES string of the molecule is CN1CCN(c2cc(C(=O)Nc3ccc(C4CC4N)cc3)ccc2NC(=O)OCc2ccccc2)CC1. The lowest BCUT2D eigenvalue weighted by molar-refractivity contribution is 0.102. The summed E-state index contributed by atoms with van der Waals surface area (Å²) in [5.41, 5.74) is 10.7. The normalized spacial score (nSPS) is 19.2. The molecule has 0 radical (unpaired) electrons. The molecule has 8 nitrogen and oxygen atoms in total. The minimum Gasteiger partial charge on any atom is -0.444 e. The third-order valence-electron chi connectivity index (χ3n) is 6.99. The second-order valence-corrected chi connectivity index (χ2v) is 9.79. The average molecular weight is 500 g/mol. The number of carbonyl (C=O) groups is 2. The summed E-state index contributed by atoms with van der Waals surface area (Å²) < 4.78 is 5.42. The van der Waals surface area contributed by atoms with E-state index in [-0.39, 0.29) is 18.6 Å². The van der Waals surface area contributed by atoms with Gasteiger partial charge < -0.3 is 25.6 Å². The van der Waals surface area contributed by atoms with Crippen LogP contribution in [0.25, 0.3) is 0 Å². The zero-order chi connectivity index (χ0) is 25.8. The fraction of sp³-hybridized carbons (Fsp3) is 0.310. The molecule has 1 saturated carbocycles. The number of carbonyl (C=O) groups excluding carboxylic acids is 2. The number of amides is 2. The van der Waals surface area contributed by atoms with Gasteiger partial charge in [0, 0.05) is 49.4 Å². The van der Waals surface area contributed by atoms with Crippen molar-refractivity contribution in [3.05, 3.63) is 89.5 Å². The highest BCUT2D eigenvalue weighted by molar-refractivity contribution is 6.06. The van der Waals surface area contributed by atoms with Gasteiger partial charge in [-0.05, 0) is 54.9 Å². The van der Waals surface area contributed by atoms with Crippen molar-refractivity contribution in [3.8, 4) is 0 Å². The Morgan fingerprint density at radius 2 is 1.65 bits per heavy atom. The van der Waals surface area contributed by atoms with E-state index in [1.165, 1.54) is 5.56 Å². The third kappa shape index (κ3) is 6.28. The number of ether oxygens (including phenoxy) is 1. The Morgan fingerprint density at radius 3 is 2.32 bits per heavy atom. The molecule has 5 rings (SSSR count). The zero-order valence-corrected chi connectivity index (χ0v) is 21.0. The maximum Gasteiger partial charge on any atom is 0.412 e. The second-order valence-electron chi connectivity index (χ2n) is 9.79. The molecule has 2 unspecified atom stereocenters. The lowest BCUT2D eigenvalue weighted by Gasteiger charge is -2.35. The molecule has 1 aliphatic heterocycles. The van der Waals surface area contributed by atoms with Crippen LogP contribution in [-0.2, 0) is 11.3 Å². The van der Waals surface area contributed by atoms with Gasteiger partial charge in [0.2, 0.25) is 0 Å². The van der Waals surface area contributed by atoms with Crippen molar-refractivity contribution in [1.29, 1.82) is 0 Å². The molecular weight excluding hydrogens is 466 g/mol. The summed E-state index contributed by atoms with van der Waals surface area (Å²) in [5.74, 6) is 0.222. The molecule has 37 heavy (non-hydrogen) atoms. The molecule has 0 spiro atoms. The molecule has 3 aromatic rings. The topological polar surface area (TPSA) is 99.9 Å². The standard InChI is InChI=1S/C29H33N5O3/c1-33-13-15-34(16-14-33)27-17-22(28(35)31-23-10-7-21(8-11-23)24-18-25(24)30)9-12-26(27)32-29(36)37-19-20-5-3-2-4-6-20/h2-12,17,24-25H,13-16,18-19,30H2,1H3,(H,31,35)(H,32,36). The molecule has 2 atom stereocenters. The third-order valence-corrected chi connectivity index (χ3v) is 6.99. The van der Waals surface area contributed by atoms with Crippen LogP contribution in [0.15, 0.2) is 72.8 Å². The Morgan fingerprint density at radius 1 is 0.946 bits per heavy atom. The molecule has 8 heteroatoms. The maximum absolute atomic E-state index is 13.1. The van der Waals surface area contributed by atoms with E-state index in [1.807, 2.05) is 60.7 Å². The first-order valence-electron chi connectivity index (χ1n) is 12.7. The molecule has 0 bridgehead atoms. The van der Waals surface area contributed by atoms with Gasteiger partial charge in [-0.1, -0.05) is 42.5 Å². The lowest BCUT2D eigenvalue weighted by Crippen LogP contribution is -2.44. The Labute approximate surface area is 217 Å². The largest absolute Gasteiger partial charge is 0.444 e. The van der Waals surface area contributed by atoms with Crippen molar-refractivity contribution in [2.45, 2.75) is 25.0 Å². The smallest absolute Gasteiger partial charge is 0.412 e. The Balaban J connectivity index is 1.29. The lowest BCUT2D eigenvalue weighted by atomic mass is 10.1. The minimum absolute atomic E-state index is 0.183. The first-order valence-corrected chi connectivity index (χ1v) is 12.7. The van der Waals surface area contributed by atoms with Gasteiger partial charge >= 0.3 is 6.09 Å². The van der Waals surface area contributed by atoms with Crippen LogP contribution in [0.5, 0.6) is 0 Å². The number of nitrogens with one attached hydrogen (secondary N) is 2. The van der Waals surface area contributed by atoms with E-state index < -0.39 is 6.09 Å². The van der Waals surface area contributed by atoms with Gasteiger partial charge in [-0.25, -0.2) is 4.79 Å². The molecular formula is C29H33N5O3. The first-order chi connectivity index (χ1) is 18.0. The van der Waals surface area contributed by atoms with Gasteiger partial charge in [-0.2, -0.15) is 0 Å². The van der Waals surface area contributed by atoms with Crippen LogP contribution in [0.2, 0.25) is 0 Å². The van der Waals surface area contributed by atoms with Crippen LogP contribution < -0.4 is 21.3 Å². The van der Waals surface area contributed by atoms with E-state index in [2.05, 4.69) is 27.5 Å². The molecule has 2 fully saturated rings. The van der Waals surface area contributed by atoms with Gasteiger partial charge in [0.1, 0.15) is 6.61 Å². The van der Waals surface area contributed by atoms with Crippen molar-refractivity contribution < 1.29 is 14.3 Å². The van der Waals surface area contributed by atoms with E-state index in [9.17, 15) is 9.59 Å². The van der Waals surface area contributed by atoms with E-state index >= 15 is 0 Å². The van der Waals surface area contributed by atoms with Crippen molar-refractivity contribution in [3.63, 3.8) is 0 Å². The average Bonchev–Trinajstić information content (AvgIpc) is 3.65. The molecule has 1 aliphatic carbocycles. The van der Waals surface area contributed by atoms with Crippen LogP contribution in [0.4, 0.5) is 21.9 Å². The number of nitrogens with two attached hydrogens (primary N) is 1. The molecule has 4 N–H and O–H groups in total. The molecule has 2 amide bonds. The van der Waals surface area contributed by atoms with Gasteiger partial charge in [-0.3, -0.25) is 10.1 Å². The first kappa shape index (κ1) is 24.8. The Hall–Kier alpha value is -3.88. The van der Waals surface area contributed by atoms with Gasteiger partial charge in [-0.15, -0.1) is 0 Å². The van der Waals surface area contributed by atoms with Crippen LogP contribution in [0.1, 0.15) is 33.8 Å². The van der Waals surface area contributed by atoms with E-state index in [0.717, 1.165) is 49.5 Å². The van der Waals surface area contributed by atoms with Crippen molar-refractivity contribution in [1.82, 2.24) is 4.90 Å². The van der Waals surface area contributed by atoms with Crippen LogP contribution in [0, 0.1) is 0 Å². The van der Waals surface area contributed by atoms with Crippen molar-refractivity contribution >= 4 is 29.1 Å². The summed E-state index contributed by atoms with van der Waals surface area (Å²) in [6.45, 7) is 3.55. The van der Waals surface area contributed by atoms with E-state index in [1.54, 1.807) is 12.1 Å². The summed E-state index contributed by atoms with van der Waals surface area (Å²) in [6.07, 6.45) is 0.480. The predicted molar refractivity (Wildman–Crippen MR) is 146 cm³/mol. The number of hydrogen-bond acceptors (Lipinski definition) is 6. The van der Waals surface area contributed by atoms with Crippen LogP contribution in [-0.4, -0.2) is 56.2 Å². The van der Waals surface area contributed by atoms with Gasteiger partial charge in [0.05, 0.1) is 11.4 Å². The number of hydrogen-bond donors (Lipinski definition) is 3.